The maximum Gasteiger partial charge on any atom is 0.237 e. The first-order valence-electron chi connectivity index (χ1n) is 6.73. The predicted octanol–water partition coefficient (Wildman–Crippen LogP) is -0.0458. The van der Waals surface area contributed by atoms with Crippen molar-refractivity contribution in [3.63, 3.8) is 0 Å². The molecule has 0 spiro atoms. The molecule has 19 heavy (non-hydrogen) atoms. The highest BCUT2D eigenvalue weighted by Crippen LogP contribution is 2.10. The molecule has 6 nitrogen and oxygen atoms in total. The van der Waals surface area contributed by atoms with Crippen molar-refractivity contribution in [2.24, 2.45) is 11.5 Å². The molecule has 0 aliphatic rings. The van der Waals surface area contributed by atoms with Crippen LogP contribution >= 0.6 is 0 Å². The molecule has 1 unspecified atom stereocenters. The van der Waals surface area contributed by atoms with Gasteiger partial charge >= 0.3 is 0 Å². The van der Waals surface area contributed by atoms with Gasteiger partial charge in [0.05, 0.1) is 18.8 Å². The Morgan fingerprint density at radius 2 is 1.63 bits per heavy atom. The van der Waals surface area contributed by atoms with Gasteiger partial charge in [-0.05, 0) is 32.7 Å². The minimum atomic E-state index is -0.899. The van der Waals surface area contributed by atoms with Gasteiger partial charge in [-0.15, -0.1) is 0 Å². The van der Waals surface area contributed by atoms with Crippen LogP contribution in [0.25, 0.3) is 0 Å². The first kappa shape index (κ1) is 18.3. The predicted molar refractivity (Wildman–Crippen MR) is 75.8 cm³/mol. The molecule has 0 aromatic heterocycles. The van der Waals surface area contributed by atoms with E-state index in [0.717, 1.165) is 32.5 Å². The molecule has 1 atom stereocenters. The van der Waals surface area contributed by atoms with E-state index in [1.165, 1.54) is 0 Å². The number of hydrogen-bond donors (Lipinski definition) is 2. The van der Waals surface area contributed by atoms with Crippen LogP contribution in [0.4, 0.5) is 0 Å². The van der Waals surface area contributed by atoms with E-state index in [1.807, 2.05) is 0 Å². The molecule has 0 aromatic rings. The molecule has 0 bridgehead atoms. The summed E-state index contributed by atoms with van der Waals surface area (Å²) in [7, 11) is 3.39. The van der Waals surface area contributed by atoms with Crippen LogP contribution in [0.1, 0.15) is 26.2 Å². The van der Waals surface area contributed by atoms with Crippen LogP contribution in [-0.2, 0) is 14.3 Å². The number of amides is 1. The molecular formula is C13H29N3O3. The molecule has 0 aromatic carbocycles. The Balaban J connectivity index is 3.87. The van der Waals surface area contributed by atoms with Crippen LogP contribution in [0.15, 0.2) is 0 Å². The van der Waals surface area contributed by atoms with Crippen LogP contribution < -0.4 is 11.5 Å². The van der Waals surface area contributed by atoms with Crippen LogP contribution in [-0.4, -0.2) is 63.4 Å². The maximum atomic E-state index is 11.1. The molecule has 0 radical (unpaired) electrons. The zero-order valence-electron chi connectivity index (χ0n) is 12.5. The molecule has 6 heteroatoms. The Bertz CT molecular complexity index is 239. The second kappa shape index (κ2) is 10.1. The Morgan fingerprint density at radius 3 is 2.05 bits per heavy atom. The monoisotopic (exact) mass is 275 g/mol. The van der Waals surface area contributed by atoms with Gasteiger partial charge in [0.15, 0.2) is 0 Å². The quantitative estimate of drug-likeness (QED) is 0.487. The van der Waals surface area contributed by atoms with Crippen molar-refractivity contribution in [2.75, 3.05) is 47.1 Å². The number of primary amides is 1. The summed E-state index contributed by atoms with van der Waals surface area (Å²) in [5.41, 5.74) is 10.1. The third-order valence-electron chi connectivity index (χ3n) is 3.21. The van der Waals surface area contributed by atoms with Crippen LogP contribution in [0.2, 0.25) is 0 Å². The highest BCUT2D eigenvalue weighted by molar-refractivity contribution is 5.83. The number of unbranched alkanes of at least 4 members (excludes halogenated alkanes) is 1. The van der Waals surface area contributed by atoms with Gasteiger partial charge in [0, 0.05) is 27.3 Å². The molecule has 0 rings (SSSR count). The van der Waals surface area contributed by atoms with Gasteiger partial charge in [-0.25, -0.2) is 0 Å². The van der Waals surface area contributed by atoms with Crippen molar-refractivity contribution < 1.29 is 14.3 Å². The van der Waals surface area contributed by atoms with Crippen LogP contribution in [0.3, 0.4) is 0 Å². The summed E-state index contributed by atoms with van der Waals surface area (Å²) in [6.45, 7) is 5.81. The topological polar surface area (TPSA) is 90.8 Å². The zero-order chi connectivity index (χ0) is 14.7. The van der Waals surface area contributed by atoms with E-state index in [-0.39, 0.29) is 0 Å². The highest BCUT2D eigenvalue weighted by atomic mass is 16.5. The average molecular weight is 275 g/mol. The van der Waals surface area contributed by atoms with Gasteiger partial charge in [-0.2, -0.15) is 0 Å². The van der Waals surface area contributed by atoms with E-state index in [1.54, 1.807) is 21.1 Å². The molecule has 4 N–H and O–H groups in total. The van der Waals surface area contributed by atoms with Crippen LogP contribution in [0.5, 0.6) is 0 Å². The van der Waals surface area contributed by atoms with Crippen molar-refractivity contribution in [3.8, 4) is 0 Å². The van der Waals surface area contributed by atoms with Crippen molar-refractivity contribution in [1.82, 2.24) is 4.90 Å². The van der Waals surface area contributed by atoms with Crippen molar-refractivity contribution in [3.05, 3.63) is 0 Å². The first-order chi connectivity index (χ1) is 8.94. The Morgan fingerprint density at radius 1 is 1.11 bits per heavy atom. The summed E-state index contributed by atoms with van der Waals surface area (Å²) in [6.07, 6.45) is 2.48. The number of nitrogens with two attached hydrogens (primary N) is 2. The lowest BCUT2D eigenvalue weighted by atomic mass is 9.95. The van der Waals surface area contributed by atoms with E-state index < -0.39 is 11.4 Å². The Kier molecular flexibility index (Phi) is 9.77. The fourth-order valence-corrected chi connectivity index (χ4v) is 1.73. The first-order valence-corrected chi connectivity index (χ1v) is 6.73. The Labute approximate surface area is 116 Å². The Hall–Kier alpha value is -0.690. The molecule has 0 saturated heterocycles. The number of carbonyl (C=O) groups is 1. The largest absolute Gasteiger partial charge is 0.383 e. The van der Waals surface area contributed by atoms with Crippen molar-refractivity contribution >= 4 is 5.91 Å². The number of methoxy groups -OCH3 is 2. The molecule has 114 valence electrons. The average Bonchev–Trinajstić information content (AvgIpc) is 2.36. The molecule has 0 aliphatic heterocycles. The number of nitrogens with zero attached hydrogens (tertiary/aromatic N) is 1. The minimum absolute atomic E-state index is 0.442. The smallest absolute Gasteiger partial charge is 0.237 e. The SMILES string of the molecule is COCCN(CCCCC(C)(N)C(N)=O)CCOC. The molecular weight excluding hydrogens is 246 g/mol. The van der Waals surface area contributed by atoms with Gasteiger partial charge in [0.25, 0.3) is 0 Å². The fourth-order valence-electron chi connectivity index (χ4n) is 1.73. The van der Waals surface area contributed by atoms with E-state index in [9.17, 15) is 4.79 Å². The van der Waals surface area contributed by atoms with Crippen molar-refractivity contribution in [1.29, 1.82) is 0 Å². The molecule has 1 amide bonds. The molecule has 0 fully saturated rings. The summed E-state index contributed by atoms with van der Waals surface area (Å²) in [4.78, 5) is 13.4. The maximum absolute atomic E-state index is 11.1. The minimum Gasteiger partial charge on any atom is -0.383 e. The third-order valence-corrected chi connectivity index (χ3v) is 3.21. The fraction of sp³-hybridized carbons (Fsp3) is 0.923. The number of hydrogen-bond acceptors (Lipinski definition) is 5. The lowest BCUT2D eigenvalue weighted by Crippen LogP contribution is -2.49. The molecule has 0 aliphatic carbocycles. The van der Waals surface area contributed by atoms with E-state index in [0.29, 0.717) is 19.6 Å². The summed E-state index contributed by atoms with van der Waals surface area (Å²) in [5, 5.41) is 0. The molecule has 0 saturated carbocycles. The lowest BCUT2D eigenvalue weighted by molar-refractivity contribution is -0.122. The normalized spacial score (nSPS) is 14.6. The number of carbonyl (C=O) groups excluding carboxylic acids is 1. The van der Waals surface area contributed by atoms with Gasteiger partial charge in [0.1, 0.15) is 0 Å². The summed E-state index contributed by atoms with van der Waals surface area (Å²) in [6, 6.07) is 0. The lowest BCUT2D eigenvalue weighted by Gasteiger charge is -2.23. The van der Waals surface area contributed by atoms with Gasteiger partial charge in [-0.3, -0.25) is 9.69 Å². The van der Waals surface area contributed by atoms with Gasteiger partial charge in [0.2, 0.25) is 5.91 Å². The van der Waals surface area contributed by atoms with Gasteiger partial charge in [-0.1, -0.05) is 0 Å². The number of ether oxygens (including phenoxy) is 2. The highest BCUT2D eigenvalue weighted by Gasteiger charge is 2.24. The summed E-state index contributed by atoms with van der Waals surface area (Å²) in [5.74, 6) is -0.442. The second-order valence-corrected chi connectivity index (χ2v) is 5.07. The van der Waals surface area contributed by atoms with E-state index in [2.05, 4.69) is 4.90 Å². The summed E-state index contributed by atoms with van der Waals surface area (Å²) < 4.78 is 10.2. The third kappa shape index (κ3) is 8.93. The number of rotatable bonds is 12. The van der Waals surface area contributed by atoms with Crippen LogP contribution in [0, 0.1) is 0 Å². The zero-order valence-corrected chi connectivity index (χ0v) is 12.5. The standard InChI is InChI=1S/C13H29N3O3/c1-13(15,12(14)17)6-4-5-7-16(8-10-18-2)9-11-19-3/h4-11,15H2,1-3H3,(H2,14,17). The van der Waals surface area contributed by atoms with Gasteiger partial charge < -0.3 is 20.9 Å². The second-order valence-electron chi connectivity index (χ2n) is 5.07. The van der Waals surface area contributed by atoms with Crippen molar-refractivity contribution in [2.45, 2.75) is 31.7 Å². The molecule has 0 heterocycles. The summed E-state index contributed by atoms with van der Waals surface area (Å²) >= 11 is 0. The van der Waals surface area contributed by atoms with E-state index >= 15 is 0 Å². The van der Waals surface area contributed by atoms with E-state index in [4.69, 9.17) is 20.9 Å².